The standard InChI is InChI=1S/C77H146O6/c1-4-7-10-13-16-19-22-25-28-30-31-32-33-34-35-36-37-38-39-40-41-42-43-44-45-46-47-48-50-52-55-58-61-64-67-70-76(79)82-73-74(72-81-75(78)69-66-63-60-57-54-51-27-24-21-18-15-12-9-6-3)83-77(80)71-68-65-62-59-56-53-49-29-26-23-20-17-14-11-8-5-2/h29-31,49,74H,4-28,32-48,50-73H2,1-3H3/b31-30-,49-29-. The van der Waals surface area contributed by atoms with Crippen molar-refractivity contribution >= 4 is 17.9 Å². The van der Waals surface area contributed by atoms with Crippen LogP contribution in [0.25, 0.3) is 0 Å². The fourth-order valence-electron chi connectivity index (χ4n) is 11.7. The van der Waals surface area contributed by atoms with Crippen molar-refractivity contribution in [2.24, 2.45) is 0 Å². The van der Waals surface area contributed by atoms with Crippen LogP contribution in [0.5, 0.6) is 0 Å². The van der Waals surface area contributed by atoms with Gasteiger partial charge in [0, 0.05) is 19.3 Å². The molecule has 1 atom stereocenters. The predicted molar refractivity (Wildman–Crippen MR) is 363 cm³/mol. The van der Waals surface area contributed by atoms with Gasteiger partial charge in [-0.05, 0) is 70.6 Å². The number of unbranched alkanes of at least 4 members (excludes halogenated alkanes) is 56. The van der Waals surface area contributed by atoms with Gasteiger partial charge in [-0.2, -0.15) is 0 Å². The van der Waals surface area contributed by atoms with Gasteiger partial charge in [-0.1, -0.05) is 366 Å². The quantitative estimate of drug-likeness (QED) is 0.0261. The summed E-state index contributed by atoms with van der Waals surface area (Å²) in [5.41, 5.74) is 0. The smallest absolute Gasteiger partial charge is 0.306 e. The molecule has 0 radical (unpaired) electrons. The van der Waals surface area contributed by atoms with Crippen LogP contribution in [0.15, 0.2) is 24.3 Å². The molecule has 0 aromatic heterocycles. The summed E-state index contributed by atoms with van der Waals surface area (Å²) in [4.78, 5) is 38.4. The van der Waals surface area contributed by atoms with E-state index in [-0.39, 0.29) is 31.1 Å². The Morgan fingerprint density at radius 1 is 0.229 bits per heavy atom. The fraction of sp³-hybridized carbons (Fsp3) is 0.909. The normalized spacial score (nSPS) is 12.1. The van der Waals surface area contributed by atoms with E-state index in [0.29, 0.717) is 19.3 Å². The summed E-state index contributed by atoms with van der Waals surface area (Å²) in [6.07, 6.45) is 89.6. The van der Waals surface area contributed by atoms with Crippen molar-refractivity contribution in [1.29, 1.82) is 0 Å². The van der Waals surface area contributed by atoms with Gasteiger partial charge >= 0.3 is 17.9 Å². The first kappa shape index (κ1) is 80.9. The third kappa shape index (κ3) is 70.5. The van der Waals surface area contributed by atoms with Crippen LogP contribution in [-0.2, 0) is 28.6 Å². The molecule has 83 heavy (non-hydrogen) atoms. The summed E-state index contributed by atoms with van der Waals surface area (Å²) < 4.78 is 17.0. The molecule has 0 bridgehead atoms. The monoisotopic (exact) mass is 1170 g/mol. The number of carbonyl (C=O) groups excluding carboxylic acids is 3. The molecular formula is C77H146O6. The molecule has 0 N–H and O–H groups in total. The lowest BCUT2D eigenvalue weighted by atomic mass is 10.0. The Hall–Kier alpha value is -2.11. The van der Waals surface area contributed by atoms with Crippen LogP contribution < -0.4 is 0 Å². The summed E-state index contributed by atoms with van der Waals surface area (Å²) in [5.74, 6) is -0.843. The molecule has 0 amide bonds. The molecule has 0 saturated heterocycles. The van der Waals surface area contributed by atoms with E-state index in [9.17, 15) is 14.4 Å². The third-order valence-electron chi connectivity index (χ3n) is 17.4. The second kappa shape index (κ2) is 72.4. The Morgan fingerprint density at radius 2 is 0.398 bits per heavy atom. The van der Waals surface area contributed by atoms with Gasteiger partial charge in [-0.15, -0.1) is 0 Å². The molecule has 0 saturated carbocycles. The summed E-state index contributed by atoms with van der Waals surface area (Å²) in [6, 6.07) is 0. The first-order chi connectivity index (χ1) is 41.0. The van der Waals surface area contributed by atoms with E-state index in [1.165, 1.54) is 327 Å². The number of allylic oxidation sites excluding steroid dienone is 4. The molecule has 0 aliphatic carbocycles. The zero-order chi connectivity index (χ0) is 59.9. The highest BCUT2D eigenvalue weighted by molar-refractivity contribution is 5.71. The third-order valence-corrected chi connectivity index (χ3v) is 17.4. The van der Waals surface area contributed by atoms with Gasteiger partial charge in [0.15, 0.2) is 6.10 Å². The molecule has 0 spiro atoms. The van der Waals surface area contributed by atoms with E-state index in [1.807, 2.05) is 0 Å². The van der Waals surface area contributed by atoms with Gasteiger partial charge in [0.2, 0.25) is 0 Å². The lowest BCUT2D eigenvalue weighted by Crippen LogP contribution is -2.30. The van der Waals surface area contributed by atoms with Gasteiger partial charge in [-0.25, -0.2) is 0 Å². The number of hydrogen-bond donors (Lipinski definition) is 0. The van der Waals surface area contributed by atoms with Crippen LogP contribution in [0, 0.1) is 0 Å². The molecule has 0 fully saturated rings. The van der Waals surface area contributed by atoms with Crippen molar-refractivity contribution in [3.8, 4) is 0 Å². The molecule has 0 rings (SSSR count). The maximum Gasteiger partial charge on any atom is 0.306 e. The average Bonchev–Trinajstić information content (AvgIpc) is 3.50. The zero-order valence-corrected chi connectivity index (χ0v) is 56.5. The maximum atomic E-state index is 12.9. The lowest BCUT2D eigenvalue weighted by molar-refractivity contribution is -0.167. The first-order valence-corrected chi connectivity index (χ1v) is 37.8. The minimum absolute atomic E-state index is 0.0677. The number of carbonyl (C=O) groups is 3. The number of ether oxygens (including phenoxy) is 3. The maximum absolute atomic E-state index is 12.9. The van der Waals surface area contributed by atoms with Gasteiger partial charge < -0.3 is 14.2 Å². The van der Waals surface area contributed by atoms with Crippen molar-refractivity contribution < 1.29 is 28.6 Å². The van der Waals surface area contributed by atoms with Gasteiger partial charge in [0.1, 0.15) is 13.2 Å². The molecule has 0 aromatic rings. The topological polar surface area (TPSA) is 78.9 Å². The molecular weight excluding hydrogens is 1020 g/mol. The minimum atomic E-state index is -0.772. The Labute approximate surface area is 519 Å². The second-order valence-corrected chi connectivity index (χ2v) is 25.9. The number of rotatable bonds is 71. The highest BCUT2D eigenvalue weighted by Crippen LogP contribution is 2.19. The first-order valence-electron chi connectivity index (χ1n) is 37.8. The molecule has 0 aromatic carbocycles. The Bertz CT molecular complexity index is 1340. The van der Waals surface area contributed by atoms with Crippen molar-refractivity contribution in [1.82, 2.24) is 0 Å². The Morgan fingerprint density at radius 3 is 0.602 bits per heavy atom. The fourth-order valence-corrected chi connectivity index (χ4v) is 11.7. The largest absolute Gasteiger partial charge is 0.462 e. The van der Waals surface area contributed by atoms with E-state index in [2.05, 4.69) is 45.1 Å². The summed E-state index contributed by atoms with van der Waals surface area (Å²) in [7, 11) is 0. The van der Waals surface area contributed by atoms with Crippen LogP contribution in [0.2, 0.25) is 0 Å². The summed E-state index contributed by atoms with van der Waals surface area (Å²) >= 11 is 0. The van der Waals surface area contributed by atoms with Crippen molar-refractivity contribution in [2.75, 3.05) is 13.2 Å². The lowest BCUT2D eigenvalue weighted by Gasteiger charge is -2.18. The van der Waals surface area contributed by atoms with Crippen molar-refractivity contribution in [3.05, 3.63) is 24.3 Å². The van der Waals surface area contributed by atoms with E-state index in [0.717, 1.165) is 64.2 Å². The predicted octanol–water partition coefficient (Wildman–Crippen LogP) is 26.1. The van der Waals surface area contributed by atoms with Gasteiger partial charge in [-0.3, -0.25) is 14.4 Å². The highest BCUT2D eigenvalue weighted by Gasteiger charge is 2.20. The van der Waals surface area contributed by atoms with Crippen LogP contribution in [0.3, 0.4) is 0 Å². The molecule has 6 heteroatoms. The SMILES string of the molecule is CCCCCCCCC/C=C\CCCCCCCC(=O)OC(COC(=O)CCCCCCCCCCCCCCCC)COC(=O)CCCCCCCCCCCCCCCCCCCCCCCCC/C=C\CCCCCCCCCC. The molecule has 0 aliphatic heterocycles. The second-order valence-electron chi connectivity index (χ2n) is 25.9. The van der Waals surface area contributed by atoms with Crippen molar-refractivity contribution in [2.45, 2.75) is 438 Å². The van der Waals surface area contributed by atoms with Crippen molar-refractivity contribution in [3.63, 3.8) is 0 Å². The van der Waals surface area contributed by atoms with Crippen LogP contribution in [-0.4, -0.2) is 37.2 Å². The summed E-state index contributed by atoms with van der Waals surface area (Å²) in [5, 5.41) is 0. The minimum Gasteiger partial charge on any atom is -0.462 e. The van der Waals surface area contributed by atoms with E-state index >= 15 is 0 Å². The van der Waals surface area contributed by atoms with E-state index in [4.69, 9.17) is 14.2 Å². The van der Waals surface area contributed by atoms with Crippen LogP contribution in [0.1, 0.15) is 432 Å². The molecule has 0 aliphatic rings. The molecule has 0 heterocycles. The van der Waals surface area contributed by atoms with Crippen LogP contribution in [0.4, 0.5) is 0 Å². The molecule has 490 valence electrons. The number of esters is 3. The van der Waals surface area contributed by atoms with Crippen LogP contribution >= 0.6 is 0 Å². The highest BCUT2D eigenvalue weighted by atomic mass is 16.6. The Kier molecular flexibility index (Phi) is 70.5. The molecule has 6 nitrogen and oxygen atoms in total. The number of hydrogen-bond acceptors (Lipinski definition) is 6. The van der Waals surface area contributed by atoms with Gasteiger partial charge in [0.25, 0.3) is 0 Å². The van der Waals surface area contributed by atoms with Gasteiger partial charge in [0.05, 0.1) is 0 Å². The summed E-state index contributed by atoms with van der Waals surface area (Å²) in [6.45, 7) is 6.71. The van der Waals surface area contributed by atoms with E-state index in [1.54, 1.807) is 0 Å². The zero-order valence-electron chi connectivity index (χ0n) is 56.5. The average molecular weight is 1170 g/mol. The Balaban J connectivity index is 4.06. The van der Waals surface area contributed by atoms with E-state index < -0.39 is 6.10 Å². The molecule has 1 unspecified atom stereocenters.